The van der Waals surface area contributed by atoms with Gasteiger partial charge in [-0.25, -0.2) is 0 Å². The number of aromatic nitrogens is 4. The van der Waals surface area contributed by atoms with Crippen molar-refractivity contribution in [1.82, 2.24) is 19.9 Å². The van der Waals surface area contributed by atoms with E-state index in [2.05, 4.69) is 19.9 Å². The van der Waals surface area contributed by atoms with Gasteiger partial charge < -0.3 is 30.4 Å². The van der Waals surface area contributed by atoms with Gasteiger partial charge in [-0.2, -0.15) is 19.9 Å². The molecular weight excluding hydrogens is 292 g/mol. The second-order valence-corrected chi connectivity index (χ2v) is 3.95. The van der Waals surface area contributed by atoms with Gasteiger partial charge in [-0.3, -0.25) is 0 Å². The summed E-state index contributed by atoms with van der Waals surface area (Å²) in [6.45, 7) is 0. The van der Waals surface area contributed by atoms with Crippen LogP contribution in [0.2, 0.25) is 0 Å². The number of hydrogen-bond donors (Lipinski definition) is 2. The number of anilines is 2. The highest BCUT2D eigenvalue weighted by Crippen LogP contribution is 2.44. The summed E-state index contributed by atoms with van der Waals surface area (Å²) in [5.41, 5.74) is 11.9. The van der Waals surface area contributed by atoms with Gasteiger partial charge >= 0.3 is 0 Å². The van der Waals surface area contributed by atoms with E-state index in [1.807, 2.05) is 0 Å². The van der Waals surface area contributed by atoms with E-state index >= 15 is 0 Å². The van der Waals surface area contributed by atoms with Gasteiger partial charge in [0.1, 0.15) is 11.1 Å². The monoisotopic (exact) mass is 308 g/mol. The first-order chi connectivity index (χ1) is 10.5. The minimum atomic E-state index is -0.00764. The van der Waals surface area contributed by atoms with Crippen molar-refractivity contribution in [2.24, 2.45) is 0 Å². The summed E-state index contributed by atoms with van der Waals surface area (Å²) in [5, 5.41) is 0. The Hall–Kier alpha value is -3.04. The minimum absolute atomic E-state index is 0.00764. The zero-order valence-electron chi connectivity index (χ0n) is 12.6. The van der Waals surface area contributed by atoms with Crippen molar-refractivity contribution in [3.05, 3.63) is 0 Å². The van der Waals surface area contributed by atoms with Crippen LogP contribution in [0.5, 0.6) is 23.5 Å². The number of hydrogen-bond acceptors (Lipinski definition) is 10. The third-order valence-electron chi connectivity index (χ3n) is 2.74. The highest BCUT2D eigenvalue weighted by atomic mass is 16.5. The fourth-order valence-corrected chi connectivity index (χ4v) is 1.89. The Bertz CT molecular complexity index is 584. The number of methoxy groups -OCH3 is 4. The first kappa shape index (κ1) is 15.4. The van der Waals surface area contributed by atoms with Gasteiger partial charge in [0.2, 0.25) is 35.4 Å². The van der Waals surface area contributed by atoms with E-state index in [0.29, 0.717) is 11.1 Å². The van der Waals surface area contributed by atoms with Gasteiger partial charge in [-0.05, 0) is 0 Å². The van der Waals surface area contributed by atoms with E-state index in [4.69, 9.17) is 30.4 Å². The Balaban J connectivity index is 2.86. The standard InChI is InChI=1S/C12H16N6O4/c1-19-7-5(8(20-2)16-11(13)15-7)6-9(21-3)17-12(14)18-10(6)22-4/h1-4H3,(H2,13,15,16)(H2,14,17,18). The Morgan fingerprint density at radius 2 is 0.773 bits per heavy atom. The van der Waals surface area contributed by atoms with Crippen LogP contribution in [0.25, 0.3) is 11.1 Å². The summed E-state index contributed by atoms with van der Waals surface area (Å²) < 4.78 is 21.0. The van der Waals surface area contributed by atoms with Crippen LogP contribution in [0.3, 0.4) is 0 Å². The first-order valence-electron chi connectivity index (χ1n) is 6.07. The maximum atomic E-state index is 5.63. The lowest BCUT2D eigenvalue weighted by Gasteiger charge is -2.16. The molecule has 22 heavy (non-hydrogen) atoms. The Kier molecular flexibility index (Phi) is 4.30. The van der Waals surface area contributed by atoms with Crippen molar-refractivity contribution in [3.63, 3.8) is 0 Å². The average Bonchev–Trinajstić information content (AvgIpc) is 2.53. The normalized spacial score (nSPS) is 10.2. The van der Waals surface area contributed by atoms with Crippen LogP contribution < -0.4 is 30.4 Å². The molecule has 4 N–H and O–H groups in total. The van der Waals surface area contributed by atoms with Crippen LogP contribution in [0.4, 0.5) is 11.9 Å². The average molecular weight is 308 g/mol. The SMILES string of the molecule is COc1nc(N)nc(OC)c1-c1c(OC)nc(N)nc1OC. The molecule has 0 amide bonds. The second kappa shape index (κ2) is 6.16. The molecule has 0 saturated heterocycles. The molecule has 2 heterocycles. The Morgan fingerprint density at radius 3 is 0.955 bits per heavy atom. The fraction of sp³-hybridized carbons (Fsp3) is 0.333. The number of nitrogen functional groups attached to an aromatic ring is 2. The van der Waals surface area contributed by atoms with Crippen molar-refractivity contribution in [2.45, 2.75) is 0 Å². The number of rotatable bonds is 5. The predicted octanol–water partition coefficient (Wildman–Crippen LogP) is 0.132. The summed E-state index contributed by atoms with van der Waals surface area (Å²) in [6.07, 6.45) is 0. The van der Waals surface area contributed by atoms with E-state index < -0.39 is 0 Å². The van der Waals surface area contributed by atoms with E-state index in [-0.39, 0.29) is 35.4 Å². The first-order valence-corrected chi connectivity index (χ1v) is 6.07. The molecule has 2 rings (SSSR count). The number of ether oxygens (including phenoxy) is 4. The molecule has 118 valence electrons. The largest absolute Gasteiger partial charge is 0.480 e. The molecule has 0 radical (unpaired) electrons. The summed E-state index contributed by atoms with van der Waals surface area (Å²) in [7, 11) is 5.73. The van der Waals surface area contributed by atoms with Gasteiger partial charge in [-0.1, -0.05) is 0 Å². The van der Waals surface area contributed by atoms with E-state index in [1.165, 1.54) is 28.4 Å². The summed E-state index contributed by atoms with van der Waals surface area (Å²) in [5.74, 6) is 0.630. The van der Waals surface area contributed by atoms with Gasteiger partial charge in [0.15, 0.2) is 0 Å². The summed E-state index contributed by atoms with van der Waals surface area (Å²) >= 11 is 0. The quantitative estimate of drug-likeness (QED) is 0.782. The topological polar surface area (TPSA) is 141 Å². The molecular formula is C12H16N6O4. The molecule has 0 fully saturated rings. The molecule has 0 atom stereocenters. The van der Waals surface area contributed by atoms with Crippen molar-refractivity contribution < 1.29 is 18.9 Å². The smallest absolute Gasteiger partial charge is 0.230 e. The van der Waals surface area contributed by atoms with Crippen LogP contribution in [0.15, 0.2) is 0 Å². The minimum Gasteiger partial charge on any atom is -0.480 e. The lowest BCUT2D eigenvalue weighted by atomic mass is 10.1. The molecule has 0 aliphatic heterocycles. The van der Waals surface area contributed by atoms with E-state index in [0.717, 1.165) is 0 Å². The molecule has 10 nitrogen and oxygen atoms in total. The van der Waals surface area contributed by atoms with Crippen molar-refractivity contribution in [3.8, 4) is 34.6 Å². The molecule has 10 heteroatoms. The molecule has 2 aromatic rings. The summed E-state index contributed by atoms with van der Waals surface area (Å²) in [6, 6.07) is 0. The van der Waals surface area contributed by atoms with Crippen LogP contribution in [0.1, 0.15) is 0 Å². The highest BCUT2D eigenvalue weighted by molar-refractivity contribution is 5.82. The lowest BCUT2D eigenvalue weighted by molar-refractivity contribution is 0.364. The molecule has 0 bridgehead atoms. The van der Waals surface area contributed by atoms with E-state index in [9.17, 15) is 0 Å². The molecule has 2 aromatic heterocycles. The fourth-order valence-electron chi connectivity index (χ4n) is 1.89. The third kappa shape index (κ3) is 2.57. The van der Waals surface area contributed by atoms with E-state index in [1.54, 1.807) is 0 Å². The molecule has 0 saturated carbocycles. The molecule has 0 aliphatic carbocycles. The Labute approximate surface area is 126 Å². The van der Waals surface area contributed by atoms with Gasteiger partial charge in [0, 0.05) is 0 Å². The van der Waals surface area contributed by atoms with Crippen molar-refractivity contribution in [2.75, 3.05) is 39.9 Å². The van der Waals surface area contributed by atoms with Gasteiger partial charge in [0.05, 0.1) is 28.4 Å². The third-order valence-corrected chi connectivity index (χ3v) is 2.74. The van der Waals surface area contributed by atoms with Gasteiger partial charge in [-0.15, -0.1) is 0 Å². The zero-order valence-corrected chi connectivity index (χ0v) is 12.6. The van der Waals surface area contributed by atoms with Crippen molar-refractivity contribution in [1.29, 1.82) is 0 Å². The Morgan fingerprint density at radius 1 is 0.545 bits per heavy atom. The molecule has 0 aromatic carbocycles. The predicted molar refractivity (Wildman–Crippen MR) is 78.1 cm³/mol. The highest BCUT2D eigenvalue weighted by Gasteiger charge is 2.27. The molecule has 0 aliphatic rings. The maximum Gasteiger partial charge on any atom is 0.230 e. The summed E-state index contributed by atoms with van der Waals surface area (Å²) in [4.78, 5) is 16.1. The molecule has 0 spiro atoms. The lowest BCUT2D eigenvalue weighted by Crippen LogP contribution is -2.07. The van der Waals surface area contributed by atoms with Crippen LogP contribution in [-0.2, 0) is 0 Å². The van der Waals surface area contributed by atoms with Crippen LogP contribution in [-0.4, -0.2) is 48.4 Å². The second-order valence-electron chi connectivity index (χ2n) is 3.95. The number of nitrogens with two attached hydrogens (primary N) is 2. The van der Waals surface area contributed by atoms with Gasteiger partial charge in [0.25, 0.3) is 0 Å². The van der Waals surface area contributed by atoms with Crippen molar-refractivity contribution >= 4 is 11.9 Å². The zero-order chi connectivity index (χ0) is 16.3. The maximum absolute atomic E-state index is 5.63. The van der Waals surface area contributed by atoms with Crippen LogP contribution >= 0.6 is 0 Å². The van der Waals surface area contributed by atoms with Crippen LogP contribution in [0, 0.1) is 0 Å². The number of nitrogens with zero attached hydrogens (tertiary/aromatic N) is 4. The molecule has 0 unspecified atom stereocenters.